The van der Waals surface area contributed by atoms with Crippen molar-refractivity contribution in [1.82, 2.24) is 6.15 Å². The minimum atomic E-state index is 0. The third-order valence-electron chi connectivity index (χ3n) is 0. The van der Waals surface area contributed by atoms with Crippen LogP contribution in [-0.2, 0) is 0 Å². The van der Waals surface area contributed by atoms with Crippen LogP contribution in [0.25, 0.3) is 0 Å². The average molecular weight is 95.9 g/mol. The third-order valence-corrected chi connectivity index (χ3v) is 0. The molecule has 4 heavy (non-hydrogen) atoms. The predicted molar refractivity (Wildman–Crippen MR) is 32.3 cm³/mol. The lowest BCUT2D eigenvalue weighted by Gasteiger charge is -0.344. The predicted octanol–water partition coefficient (Wildman–Crippen LogP) is -0.0479. The Hall–Kier alpha value is 0.805. The van der Waals surface area contributed by atoms with Crippen LogP contribution < -0.4 is 6.15 Å². The zero-order valence-electron chi connectivity index (χ0n) is 2.49. The summed E-state index contributed by atoms with van der Waals surface area (Å²) in [5, 5.41) is 0. The monoisotopic (exact) mass is 96.0 g/mol. The van der Waals surface area contributed by atoms with Crippen LogP contribution >= 0.6 is 23.4 Å². The molecule has 0 aliphatic carbocycles. The van der Waals surface area contributed by atoms with Crippen LogP contribution in [0, 0.1) is 0 Å². The van der Waals surface area contributed by atoms with Gasteiger partial charge in [0.05, 0.1) is 0 Å². The second-order valence-corrected chi connectivity index (χ2v) is 0. The van der Waals surface area contributed by atoms with Gasteiger partial charge in [-0.3, -0.25) is 0 Å². The van der Waals surface area contributed by atoms with Crippen LogP contribution in [-0.4, -0.2) is 8.41 Å². The van der Waals surface area contributed by atoms with Gasteiger partial charge in [-0.15, -0.1) is 0 Å². The van der Waals surface area contributed by atoms with Crippen LogP contribution in [0.15, 0.2) is 0 Å². The summed E-state index contributed by atoms with van der Waals surface area (Å²) in [7, 11) is 0. The topological polar surface area (TPSA) is 35.0 Å². The van der Waals surface area contributed by atoms with E-state index < -0.39 is 0 Å². The molecule has 0 heterocycles. The maximum Gasteiger partial charge on any atom is 0 e. The van der Waals surface area contributed by atoms with Crippen LogP contribution in [0.4, 0.5) is 0 Å². The second kappa shape index (κ2) is 46.2. The second-order valence-electron chi connectivity index (χ2n) is 0. The van der Waals surface area contributed by atoms with Gasteiger partial charge in [0.25, 0.3) is 0 Å². The molecule has 0 bridgehead atoms. The van der Waals surface area contributed by atoms with E-state index in [-0.39, 0.29) is 38.0 Å². The summed E-state index contributed by atoms with van der Waals surface area (Å²) in [6.07, 6.45) is 0. The highest BCUT2D eigenvalue weighted by molar-refractivity contribution is 7.59. The van der Waals surface area contributed by atoms with Crippen molar-refractivity contribution in [1.29, 1.82) is 0 Å². The lowest BCUT2D eigenvalue weighted by Crippen LogP contribution is -0.481. The number of hydrogen-bond acceptors (Lipinski definition) is 1. The Morgan fingerprint density at radius 2 is 1.00 bits per heavy atom. The zero-order valence-corrected chi connectivity index (χ0v) is 4.91. The van der Waals surface area contributed by atoms with Crippen LogP contribution in [0.5, 0.6) is 0 Å². The molecule has 0 fully saturated rings. The van der Waals surface area contributed by atoms with E-state index in [4.69, 9.17) is 0 Å². The SMILES string of the molecule is N.P.S.[B]. The summed E-state index contributed by atoms with van der Waals surface area (Å²) in [6.45, 7) is 0. The van der Waals surface area contributed by atoms with Gasteiger partial charge in [-0.1, -0.05) is 0 Å². The Balaban J connectivity index is 0. The Labute approximate surface area is 38.8 Å². The zero-order chi connectivity index (χ0) is 0. The minimum Gasteiger partial charge on any atom is -0.344 e. The first-order valence-corrected chi connectivity index (χ1v) is 0. The molecule has 0 saturated carbocycles. The molecule has 0 saturated heterocycles. The third kappa shape index (κ3) is 14.1. The quantitative estimate of drug-likeness (QED) is 0.333. The fraction of sp³-hybridized carbons (Fsp3) is 0. The van der Waals surface area contributed by atoms with E-state index in [1.807, 2.05) is 0 Å². The van der Waals surface area contributed by atoms with Crippen molar-refractivity contribution in [3.8, 4) is 0 Å². The molecule has 1 nitrogen and oxygen atoms in total. The standard InChI is InChI=1S/B.H3N.H3P.H2S/h;2*1H3;1H2. The maximum absolute atomic E-state index is 0. The molecule has 0 aromatic heterocycles. The van der Waals surface area contributed by atoms with E-state index in [1.165, 1.54) is 0 Å². The molecular formula is H8BNPS. The van der Waals surface area contributed by atoms with E-state index in [0.717, 1.165) is 0 Å². The Morgan fingerprint density at radius 1 is 1.00 bits per heavy atom. The van der Waals surface area contributed by atoms with E-state index in [0.29, 0.717) is 0 Å². The molecule has 3 N–H and O–H groups in total. The first-order chi connectivity index (χ1) is 0. The molecule has 0 spiro atoms. The van der Waals surface area contributed by atoms with Crippen LogP contribution in [0.2, 0.25) is 0 Å². The molecule has 0 rings (SSSR count). The van der Waals surface area contributed by atoms with E-state index >= 15 is 0 Å². The first kappa shape index (κ1) is 107. The van der Waals surface area contributed by atoms with Gasteiger partial charge in [0.15, 0.2) is 0 Å². The molecule has 0 aromatic rings. The van der Waals surface area contributed by atoms with Gasteiger partial charge in [-0.05, 0) is 0 Å². The summed E-state index contributed by atoms with van der Waals surface area (Å²) in [4.78, 5) is 0. The Bertz CT molecular complexity index is 8.00. The Kier molecular flexibility index (Phi) is 1240. The van der Waals surface area contributed by atoms with Gasteiger partial charge in [0, 0.05) is 8.41 Å². The van der Waals surface area contributed by atoms with Gasteiger partial charge < -0.3 is 6.15 Å². The highest BCUT2D eigenvalue weighted by Crippen LogP contribution is 0.861. The van der Waals surface area contributed by atoms with Gasteiger partial charge in [-0.25, -0.2) is 0 Å². The molecule has 0 aromatic carbocycles. The first-order valence-electron chi connectivity index (χ1n) is 0. The summed E-state index contributed by atoms with van der Waals surface area (Å²) < 4.78 is 0. The van der Waals surface area contributed by atoms with Crippen LogP contribution in [0.3, 0.4) is 0 Å². The highest BCUT2D eigenvalue weighted by Gasteiger charge is 0.0000146. The molecular weight excluding hydrogens is 87.9 g/mol. The summed E-state index contributed by atoms with van der Waals surface area (Å²) in [6, 6.07) is 0. The largest absolute Gasteiger partial charge is 0.344 e. The molecule has 3 radical (unpaired) electrons. The van der Waals surface area contributed by atoms with Crippen molar-refractivity contribution in [2.45, 2.75) is 0 Å². The van der Waals surface area contributed by atoms with E-state index in [9.17, 15) is 0 Å². The highest BCUT2D eigenvalue weighted by atomic mass is 32.1. The van der Waals surface area contributed by atoms with E-state index in [1.54, 1.807) is 0 Å². The molecule has 27 valence electrons. The molecule has 1 unspecified atom stereocenters. The molecule has 1 atom stereocenters. The summed E-state index contributed by atoms with van der Waals surface area (Å²) in [5.74, 6) is 0. The molecule has 0 aliphatic heterocycles. The lowest BCUT2D eigenvalue weighted by atomic mass is 10.8. The normalized spacial score (nSPS) is 0. The molecule has 4 heteroatoms. The smallest absolute Gasteiger partial charge is 0 e. The maximum atomic E-state index is 0. The number of hydrogen-bond donors (Lipinski definition) is 1. The van der Waals surface area contributed by atoms with Gasteiger partial charge >= 0.3 is 0 Å². The van der Waals surface area contributed by atoms with Crippen molar-refractivity contribution in [3.05, 3.63) is 0 Å². The minimum absolute atomic E-state index is 0. The van der Waals surface area contributed by atoms with Crippen molar-refractivity contribution in [2.24, 2.45) is 0 Å². The van der Waals surface area contributed by atoms with Gasteiger partial charge in [0.1, 0.15) is 0 Å². The Morgan fingerprint density at radius 3 is 1.00 bits per heavy atom. The average Bonchev–Trinajstić information content (AvgIpc) is 0. The number of rotatable bonds is 0. The fourth-order valence-corrected chi connectivity index (χ4v) is 0. The van der Waals surface area contributed by atoms with Crippen LogP contribution in [0.1, 0.15) is 0 Å². The van der Waals surface area contributed by atoms with Gasteiger partial charge in [0.2, 0.25) is 0 Å². The van der Waals surface area contributed by atoms with Crippen molar-refractivity contribution in [3.63, 3.8) is 0 Å². The van der Waals surface area contributed by atoms with E-state index in [2.05, 4.69) is 0 Å². The molecule has 0 aliphatic rings. The summed E-state index contributed by atoms with van der Waals surface area (Å²) >= 11 is 0. The van der Waals surface area contributed by atoms with Crippen molar-refractivity contribution in [2.75, 3.05) is 0 Å². The fourth-order valence-electron chi connectivity index (χ4n) is 0. The lowest BCUT2D eigenvalue weighted by molar-refractivity contribution is 2.13. The van der Waals surface area contributed by atoms with Crippen molar-refractivity contribution >= 4 is 31.8 Å². The van der Waals surface area contributed by atoms with Crippen molar-refractivity contribution < 1.29 is 0 Å². The molecule has 0 amide bonds. The van der Waals surface area contributed by atoms with Gasteiger partial charge in [-0.2, -0.15) is 23.4 Å². The summed E-state index contributed by atoms with van der Waals surface area (Å²) in [5.41, 5.74) is 0.